The fraction of sp³-hybridized carbons (Fsp3) is 0.824. The lowest BCUT2D eigenvalue weighted by Crippen LogP contribution is -2.50. The fourth-order valence-corrected chi connectivity index (χ4v) is 4.91. The Morgan fingerprint density at radius 1 is 1.35 bits per heavy atom. The van der Waals surface area contributed by atoms with Crippen molar-refractivity contribution >= 4 is 11.3 Å². The van der Waals surface area contributed by atoms with Crippen LogP contribution in [0, 0.1) is 18.8 Å². The van der Waals surface area contributed by atoms with Crippen LogP contribution in [-0.4, -0.2) is 11.5 Å². The number of nitrogens with one attached hydrogen (secondary N) is 1. The van der Waals surface area contributed by atoms with Crippen LogP contribution in [0.1, 0.15) is 69.0 Å². The van der Waals surface area contributed by atoms with Crippen molar-refractivity contribution in [2.45, 2.75) is 72.3 Å². The van der Waals surface area contributed by atoms with E-state index >= 15 is 0 Å². The summed E-state index contributed by atoms with van der Waals surface area (Å²) in [5.41, 5.74) is 1.43. The SMILES string of the molecule is CCCNC1(c2nc(CC)c(C)s2)CCC(C)CC1C. The van der Waals surface area contributed by atoms with E-state index < -0.39 is 0 Å². The van der Waals surface area contributed by atoms with E-state index in [1.807, 2.05) is 11.3 Å². The fourth-order valence-electron chi connectivity index (χ4n) is 3.59. The lowest BCUT2D eigenvalue weighted by atomic mass is 9.70. The van der Waals surface area contributed by atoms with Crippen molar-refractivity contribution in [2.24, 2.45) is 11.8 Å². The number of aryl methyl sites for hydroxylation is 2. The second kappa shape index (κ2) is 6.57. The van der Waals surface area contributed by atoms with Gasteiger partial charge in [-0.2, -0.15) is 0 Å². The predicted octanol–water partition coefficient (Wildman–Crippen LogP) is 4.66. The van der Waals surface area contributed by atoms with Crippen LogP contribution in [0.3, 0.4) is 0 Å². The first-order valence-electron chi connectivity index (χ1n) is 8.25. The van der Waals surface area contributed by atoms with Crippen LogP contribution in [0.2, 0.25) is 0 Å². The molecule has 3 unspecified atom stereocenters. The largest absolute Gasteiger partial charge is 0.305 e. The van der Waals surface area contributed by atoms with Gasteiger partial charge in [-0.25, -0.2) is 4.98 Å². The average molecular weight is 295 g/mol. The van der Waals surface area contributed by atoms with Crippen molar-refractivity contribution < 1.29 is 0 Å². The van der Waals surface area contributed by atoms with Crippen molar-refractivity contribution in [2.75, 3.05) is 6.54 Å². The zero-order chi connectivity index (χ0) is 14.8. The Labute approximate surface area is 128 Å². The molecule has 2 nitrogen and oxygen atoms in total. The van der Waals surface area contributed by atoms with Crippen LogP contribution in [0.15, 0.2) is 0 Å². The van der Waals surface area contributed by atoms with Gasteiger partial charge in [-0.05, 0) is 57.4 Å². The third-order valence-corrected chi connectivity index (χ3v) is 6.12. The summed E-state index contributed by atoms with van der Waals surface area (Å²) in [6.07, 6.45) is 6.12. The molecule has 1 N–H and O–H groups in total. The second-order valence-corrected chi connectivity index (χ2v) is 7.76. The summed E-state index contributed by atoms with van der Waals surface area (Å²) in [7, 11) is 0. The van der Waals surface area contributed by atoms with Crippen molar-refractivity contribution in [1.82, 2.24) is 10.3 Å². The number of rotatable bonds is 5. The van der Waals surface area contributed by atoms with E-state index in [-0.39, 0.29) is 5.54 Å². The van der Waals surface area contributed by atoms with Crippen LogP contribution >= 0.6 is 11.3 Å². The van der Waals surface area contributed by atoms with Crippen LogP contribution in [0.25, 0.3) is 0 Å². The first-order chi connectivity index (χ1) is 9.53. The Morgan fingerprint density at radius 2 is 2.10 bits per heavy atom. The first kappa shape index (κ1) is 16.0. The van der Waals surface area contributed by atoms with E-state index in [4.69, 9.17) is 4.98 Å². The lowest BCUT2D eigenvalue weighted by molar-refractivity contribution is 0.121. The minimum absolute atomic E-state index is 0.130. The smallest absolute Gasteiger partial charge is 0.114 e. The first-order valence-corrected chi connectivity index (χ1v) is 9.06. The number of nitrogens with zero attached hydrogens (tertiary/aromatic N) is 1. The van der Waals surface area contributed by atoms with Gasteiger partial charge in [-0.3, -0.25) is 0 Å². The number of thiazole rings is 1. The molecule has 0 saturated heterocycles. The van der Waals surface area contributed by atoms with E-state index in [0.29, 0.717) is 5.92 Å². The molecule has 0 spiro atoms. The monoisotopic (exact) mass is 294 g/mol. The minimum Gasteiger partial charge on any atom is -0.305 e. The molecule has 1 heterocycles. The Hall–Kier alpha value is -0.410. The zero-order valence-corrected chi connectivity index (χ0v) is 14.6. The molecule has 1 aromatic heterocycles. The molecule has 0 aromatic carbocycles. The second-order valence-electron chi connectivity index (χ2n) is 6.55. The third-order valence-electron chi connectivity index (χ3n) is 4.93. The molecule has 2 rings (SSSR count). The predicted molar refractivity (Wildman–Crippen MR) is 88.4 cm³/mol. The Bertz CT molecular complexity index is 436. The van der Waals surface area contributed by atoms with Crippen LogP contribution < -0.4 is 5.32 Å². The normalized spacial score (nSPS) is 30.6. The Kier molecular flexibility index (Phi) is 5.25. The molecule has 0 aliphatic heterocycles. The van der Waals surface area contributed by atoms with E-state index in [2.05, 4.69) is 39.9 Å². The number of aromatic nitrogens is 1. The zero-order valence-electron chi connectivity index (χ0n) is 13.8. The molecule has 1 aliphatic carbocycles. The van der Waals surface area contributed by atoms with E-state index in [0.717, 1.165) is 18.9 Å². The summed E-state index contributed by atoms with van der Waals surface area (Å²) in [5.74, 6) is 1.53. The topological polar surface area (TPSA) is 24.9 Å². The maximum absolute atomic E-state index is 5.01. The molecule has 1 saturated carbocycles. The van der Waals surface area contributed by atoms with Crippen molar-refractivity contribution in [1.29, 1.82) is 0 Å². The van der Waals surface area contributed by atoms with E-state index in [9.17, 15) is 0 Å². The van der Waals surface area contributed by atoms with Gasteiger partial charge in [-0.1, -0.05) is 27.7 Å². The summed E-state index contributed by atoms with van der Waals surface area (Å²) in [5, 5.41) is 5.23. The molecule has 0 amide bonds. The third kappa shape index (κ3) is 2.94. The summed E-state index contributed by atoms with van der Waals surface area (Å²) in [4.78, 5) is 6.42. The molecule has 3 atom stereocenters. The molecule has 1 fully saturated rings. The number of hydrogen-bond donors (Lipinski definition) is 1. The van der Waals surface area contributed by atoms with Gasteiger partial charge in [0, 0.05) is 4.88 Å². The highest BCUT2D eigenvalue weighted by Gasteiger charge is 2.43. The van der Waals surface area contributed by atoms with E-state index in [1.54, 1.807) is 0 Å². The number of hydrogen-bond acceptors (Lipinski definition) is 3. The quantitative estimate of drug-likeness (QED) is 0.854. The maximum atomic E-state index is 5.01. The highest BCUT2D eigenvalue weighted by atomic mass is 32.1. The maximum Gasteiger partial charge on any atom is 0.114 e. The van der Waals surface area contributed by atoms with Gasteiger partial charge >= 0.3 is 0 Å². The van der Waals surface area contributed by atoms with Gasteiger partial charge in [-0.15, -0.1) is 11.3 Å². The minimum atomic E-state index is 0.130. The van der Waals surface area contributed by atoms with Gasteiger partial charge in [0.05, 0.1) is 11.2 Å². The molecule has 0 bridgehead atoms. The lowest BCUT2D eigenvalue weighted by Gasteiger charge is -2.44. The molecule has 1 aliphatic rings. The highest BCUT2D eigenvalue weighted by Crippen LogP contribution is 2.45. The van der Waals surface area contributed by atoms with Crippen molar-refractivity contribution in [3.63, 3.8) is 0 Å². The molecule has 0 radical (unpaired) electrons. The molecular formula is C17H30N2S. The summed E-state index contributed by atoms with van der Waals surface area (Å²) >= 11 is 1.93. The molecule has 1 aromatic rings. The molecule has 3 heteroatoms. The van der Waals surface area contributed by atoms with Gasteiger partial charge < -0.3 is 5.32 Å². The highest BCUT2D eigenvalue weighted by molar-refractivity contribution is 7.11. The summed E-state index contributed by atoms with van der Waals surface area (Å²) < 4.78 is 0. The Balaban J connectivity index is 2.35. The van der Waals surface area contributed by atoms with Gasteiger partial charge in [0.15, 0.2) is 0 Å². The Morgan fingerprint density at radius 3 is 2.65 bits per heavy atom. The van der Waals surface area contributed by atoms with Crippen molar-refractivity contribution in [3.8, 4) is 0 Å². The summed E-state index contributed by atoms with van der Waals surface area (Å²) in [6, 6.07) is 0. The molecular weight excluding hydrogens is 264 g/mol. The van der Waals surface area contributed by atoms with Crippen LogP contribution in [0.5, 0.6) is 0 Å². The van der Waals surface area contributed by atoms with E-state index in [1.165, 1.54) is 41.3 Å². The molecule has 114 valence electrons. The van der Waals surface area contributed by atoms with Gasteiger partial charge in [0.1, 0.15) is 5.01 Å². The van der Waals surface area contributed by atoms with Crippen LogP contribution in [0.4, 0.5) is 0 Å². The van der Waals surface area contributed by atoms with Crippen LogP contribution in [-0.2, 0) is 12.0 Å². The summed E-state index contributed by atoms with van der Waals surface area (Å²) in [6.45, 7) is 12.6. The average Bonchev–Trinajstić information content (AvgIpc) is 2.80. The standard InChI is InChI=1S/C17H30N2S/c1-6-10-18-17(9-8-12(3)11-13(17)4)16-19-15(7-2)14(5)20-16/h12-13,18H,6-11H2,1-5H3. The van der Waals surface area contributed by atoms with Gasteiger partial charge in [0.2, 0.25) is 0 Å². The molecule has 20 heavy (non-hydrogen) atoms. The van der Waals surface area contributed by atoms with Gasteiger partial charge in [0.25, 0.3) is 0 Å². The van der Waals surface area contributed by atoms with Crippen molar-refractivity contribution in [3.05, 3.63) is 15.6 Å².